The Balaban J connectivity index is 0.00000420. The molecule has 29 heavy (non-hydrogen) atoms. The Kier molecular flexibility index (Phi) is 10.6. The molecule has 0 aliphatic carbocycles. The van der Waals surface area contributed by atoms with Crippen LogP contribution >= 0.6 is 12.4 Å². The number of hydrogen-bond acceptors (Lipinski definition) is 5. The summed E-state index contributed by atoms with van der Waals surface area (Å²) in [5.41, 5.74) is 7.05. The average Bonchev–Trinajstić information content (AvgIpc) is 3.21. The Morgan fingerprint density at radius 2 is 1.97 bits per heavy atom. The molecule has 0 aromatic heterocycles. The maximum atomic E-state index is 12.3. The van der Waals surface area contributed by atoms with E-state index >= 15 is 0 Å². The summed E-state index contributed by atoms with van der Waals surface area (Å²) in [4.78, 5) is 36.0. The fourth-order valence-corrected chi connectivity index (χ4v) is 2.79. The first-order valence-electron chi connectivity index (χ1n) is 9.65. The highest BCUT2D eigenvalue weighted by Crippen LogP contribution is 2.11. The van der Waals surface area contributed by atoms with Crippen LogP contribution in [0.4, 0.5) is 0 Å². The molecule has 1 aliphatic rings. The second kappa shape index (κ2) is 12.4. The molecule has 9 heteroatoms. The first kappa shape index (κ1) is 24.9. The van der Waals surface area contributed by atoms with E-state index in [2.05, 4.69) is 16.0 Å². The van der Waals surface area contributed by atoms with Gasteiger partial charge in [-0.05, 0) is 36.5 Å². The fourth-order valence-electron chi connectivity index (χ4n) is 2.79. The van der Waals surface area contributed by atoms with Crippen molar-refractivity contribution in [2.75, 3.05) is 19.7 Å². The lowest BCUT2D eigenvalue weighted by molar-refractivity contribution is -0.127. The Hall–Kier alpha value is -2.16. The van der Waals surface area contributed by atoms with Crippen molar-refractivity contribution in [2.45, 2.75) is 45.4 Å². The lowest BCUT2D eigenvalue weighted by Crippen LogP contribution is -2.47. The summed E-state index contributed by atoms with van der Waals surface area (Å²) in [6, 6.07) is 6.41. The zero-order valence-electron chi connectivity index (χ0n) is 16.9. The fraction of sp³-hybridized carbons (Fsp3) is 0.550. The standard InChI is InChI=1S/C20H30N4O4.ClH/c1-13(2)18(21)20(27)24-12-17(25)22-10-14-5-3-6-15(9-14)19(26)23-11-16-7-4-8-28-16;/h3,5-6,9,13,16,18H,4,7-8,10-12,21H2,1-2H3,(H,22,25)(H,23,26)(H,24,27);1H/t16?,18-;/m0./s1. The number of halogens is 1. The zero-order chi connectivity index (χ0) is 20.5. The van der Waals surface area contributed by atoms with Gasteiger partial charge in [-0.25, -0.2) is 0 Å². The number of ether oxygens (including phenoxy) is 1. The van der Waals surface area contributed by atoms with Crippen LogP contribution in [0.15, 0.2) is 24.3 Å². The van der Waals surface area contributed by atoms with Gasteiger partial charge in [0.05, 0.1) is 18.7 Å². The molecule has 1 aromatic rings. The Bertz CT molecular complexity index is 693. The van der Waals surface area contributed by atoms with E-state index in [1.807, 2.05) is 19.9 Å². The lowest BCUT2D eigenvalue weighted by Gasteiger charge is -2.15. The number of carbonyl (C=O) groups excluding carboxylic acids is 3. The van der Waals surface area contributed by atoms with E-state index in [-0.39, 0.29) is 55.2 Å². The van der Waals surface area contributed by atoms with Gasteiger partial charge in [-0.3, -0.25) is 14.4 Å². The SMILES string of the molecule is CC(C)[C@H](N)C(=O)NCC(=O)NCc1cccc(C(=O)NCC2CCCO2)c1.Cl. The van der Waals surface area contributed by atoms with Crippen LogP contribution < -0.4 is 21.7 Å². The minimum absolute atomic E-state index is 0. The normalized spacial score (nSPS) is 16.6. The van der Waals surface area contributed by atoms with Gasteiger partial charge in [0.2, 0.25) is 11.8 Å². The van der Waals surface area contributed by atoms with Gasteiger partial charge in [0.1, 0.15) is 0 Å². The van der Waals surface area contributed by atoms with Crippen molar-refractivity contribution in [3.8, 4) is 0 Å². The second-order valence-electron chi connectivity index (χ2n) is 7.31. The maximum Gasteiger partial charge on any atom is 0.251 e. The van der Waals surface area contributed by atoms with Crippen LogP contribution in [0.5, 0.6) is 0 Å². The number of rotatable bonds is 9. The third-order valence-corrected chi connectivity index (χ3v) is 4.64. The van der Waals surface area contributed by atoms with Gasteiger partial charge in [-0.15, -0.1) is 12.4 Å². The van der Waals surface area contributed by atoms with Crippen molar-refractivity contribution in [3.63, 3.8) is 0 Å². The van der Waals surface area contributed by atoms with E-state index in [0.717, 1.165) is 25.0 Å². The summed E-state index contributed by atoms with van der Waals surface area (Å²) in [5, 5.41) is 8.11. The van der Waals surface area contributed by atoms with E-state index in [1.165, 1.54) is 0 Å². The van der Waals surface area contributed by atoms with E-state index < -0.39 is 6.04 Å². The van der Waals surface area contributed by atoms with E-state index in [9.17, 15) is 14.4 Å². The molecule has 8 nitrogen and oxygen atoms in total. The van der Waals surface area contributed by atoms with Gasteiger partial charge in [0.25, 0.3) is 5.91 Å². The summed E-state index contributed by atoms with van der Waals surface area (Å²) in [7, 11) is 0. The van der Waals surface area contributed by atoms with Crippen LogP contribution in [-0.4, -0.2) is 49.6 Å². The summed E-state index contributed by atoms with van der Waals surface area (Å²) in [6.45, 7) is 5.05. The highest BCUT2D eigenvalue weighted by molar-refractivity contribution is 5.94. The zero-order valence-corrected chi connectivity index (χ0v) is 17.7. The van der Waals surface area contributed by atoms with Crippen LogP contribution in [0, 0.1) is 5.92 Å². The number of hydrogen-bond donors (Lipinski definition) is 4. The van der Waals surface area contributed by atoms with Crippen molar-refractivity contribution in [1.29, 1.82) is 0 Å². The van der Waals surface area contributed by atoms with Crippen LogP contribution in [0.25, 0.3) is 0 Å². The third-order valence-electron chi connectivity index (χ3n) is 4.64. The van der Waals surface area contributed by atoms with E-state index in [4.69, 9.17) is 10.5 Å². The molecular weight excluding hydrogens is 396 g/mol. The first-order valence-corrected chi connectivity index (χ1v) is 9.65. The predicted octanol–water partition coefficient (Wildman–Crippen LogP) is 0.733. The molecule has 1 unspecified atom stereocenters. The Labute approximate surface area is 177 Å². The molecule has 5 N–H and O–H groups in total. The van der Waals surface area contributed by atoms with Gasteiger partial charge >= 0.3 is 0 Å². The first-order chi connectivity index (χ1) is 13.4. The lowest BCUT2D eigenvalue weighted by atomic mass is 10.1. The highest BCUT2D eigenvalue weighted by atomic mass is 35.5. The van der Waals surface area contributed by atoms with E-state index in [1.54, 1.807) is 18.2 Å². The molecule has 0 saturated carbocycles. The van der Waals surface area contributed by atoms with Crippen molar-refractivity contribution in [3.05, 3.63) is 35.4 Å². The van der Waals surface area contributed by atoms with Crippen LogP contribution in [0.1, 0.15) is 42.6 Å². The summed E-state index contributed by atoms with van der Waals surface area (Å²) < 4.78 is 5.50. The number of amides is 3. The molecule has 2 atom stereocenters. The van der Waals surface area contributed by atoms with Crippen molar-refractivity contribution >= 4 is 30.1 Å². The minimum Gasteiger partial charge on any atom is -0.376 e. The molecule has 162 valence electrons. The third kappa shape index (κ3) is 8.39. The molecule has 2 rings (SSSR count). The molecular formula is C20H31ClN4O4. The monoisotopic (exact) mass is 426 g/mol. The van der Waals surface area contributed by atoms with E-state index in [0.29, 0.717) is 12.1 Å². The van der Waals surface area contributed by atoms with Crippen molar-refractivity contribution in [1.82, 2.24) is 16.0 Å². The molecule has 1 heterocycles. The molecule has 1 aliphatic heterocycles. The Morgan fingerprint density at radius 1 is 1.21 bits per heavy atom. The number of nitrogens with two attached hydrogens (primary N) is 1. The van der Waals surface area contributed by atoms with Crippen molar-refractivity contribution < 1.29 is 19.1 Å². The van der Waals surface area contributed by atoms with Crippen LogP contribution in [0.2, 0.25) is 0 Å². The van der Waals surface area contributed by atoms with Crippen molar-refractivity contribution in [2.24, 2.45) is 11.7 Å². The summed E-state index contributed by atoms with van der Waals surface area (Å²) >= 11 is 0. The van der Waals surface area contributed by atoms with Gasteiger partial charge in [0.15, 0.2) is 0 Å². The number of nitrogens with one attached hydrogen (secondary N) is 3. The molecule has 0 spiro atoms. The van der Waals surface area contributed by atoms with Gasteiger partial charge in [0, 0.05) is 25.3 Å². The number of benzene rings is 1. The molecule has 1 aromatic carbocycles. The predicted molar refractivity (Wildman–Crippen MR) is 113 cm³/mol. The van der Waals surface area contributed by atoms with Gasteiger partial charge in [-0.2, -0.15) is 0 Å². The molecule has 1 fully saturated rings. The molecule has 0 bridgehead atoms. The Morgan fingerprint density at radius 3 is 2.62 bits per heavy atom. The van der Waals surface area contributed by atoms with Gasteiger partial charge < -0.3 is 26.4 Å². The quantitative estimate of drug-likeness (QED) is 0.463. The van der Waals surface area contributed by atoms with Crippen LogP contribution in [-0.2, 0) is 20.9 Å². The van der Waals surface area contributed by atoms with Gasteiger partial charge in [-0.1, -0.05) is 26.0 Å². The second-order valence-corrected chi connectivity index (χ2v) is 7.31. The summed E-state index contributed by atoms with van der Waals surface area (Å²) in [6.07, 6.45) is 2.08. The largest absolute Gasteiger partial charge is 0.376 e. The smallest absolute Gasteiger partial charge is 0.251 e. The highest BCUT2D eigenvalue weighted by Gasteiger charge is 2.18. The van der Waals surface area contributed by atoms with Crippen LogP contribution in [0.3, 0.4) is 0 Å². The topological polar surface area (TPSA) is 123 Å². The molecule has 0 radical (unpaired) electrons. The maximum absolute atomic E-state index is 12.3. The number of carbonyl (C=O) groups is 3. The molecule has 3 amide bonds. The summed E-state index contributed by atoms with van der Waals surface area (Å²) in [5.74, 6) is -0.844. The average molecular weight is 427 g/mol. The molecule has 1 saturated heterocycles. The minimum atomic E-state index is -0.641.